The molecule has 0 spiro atoms. The summed E-state index contributed by atoms with van der Waals surface area (Å²) in [6, 6.07) is 12.6. The molecule has 132 valence electrons. The van der Waals surface area contributed by atoms with Crippen molar-refractivity contribution in [2.75, 3.05) is 18.5 Å². The van der Waals surface area contributed by atoms with Crippen molar-refractivity contribution in [2.45, 2.75) is 6.10 Å². The maximum absolute atomic E-state index is 12.1. The molecule has 0 saturated heterocycles. The molecule has 3 heterocycles. The molecule has 0 radical (unpaired) electrons. The second-order valence-electron chi connectivity index (χ2n) is 5.46. The Labute approximate surface area is 153 Å². The van der Waals surface area contributed by atoms with Gasteiger partial charge in [-0.25, -0.2) is 4.79 Å². The van der Waals surface area contributed by atoms with Crippen LogP contribution in [-0.2, 0) is 0 Å². The molecule has 0 unspecified atom stereocenters. The summed E-state index contributed by atoms with van der Waals surface area (Å²) in [6.45, 7) is 0.687. The SMILES string of the molecule is O=C(NC[C@@H]1COc2ccccc2O1)Nc1nnc(-c2ccccn2)s1. The summed E-state index contributed by atoms with van der Waals surface area (Å²) in [5.74, 6) is 1.39. The number of ether oxygens (including phenoxy) is 2. The molecule has 0 bridgehead atoms. The normalized spacial score (nSPS) is 15.3. The highest BCUT2D eigenvalue weighted by molar-refractivity contribution is 7.18. The van der Waals surface area contributed by atoms with Crippen LogP contribution in [0.1, 0.15) is 0 Å². The lowest BCUT2D eigenvalue weighted by Gasteiger charge is -2.26. The molecule has 9 heteroatoms. The minimum Gasteiger partial charge on any atom is -0.486 e. The number of fused-ring (bicyclic) bond motifs is 1. The molecular weight excluding hydrogens is 354 g/mol. The molecule has 1 aromatic carbocycles. The Balaban J connectivity index is 1.29. The number of carbonyl (C=O) groups excluding carboxylic acids is 1. The van der Waals surface area contributed by atoms with Crippen LogP contribution in [0.4, 0.5) is 9.93 Å². The number of hydrogen-bond donors (Lipinski definition) is 2. The summed E-state index contributed by atoms with van der Waals surface area (Å²) in [5.41, 5.74) is 0.713. The van der Waals surface area contributed by atoms with Crippen LogP contribution >= 0.6 is 11.3 Å². The second-order valence-corrected chi connectivity index (χ2v) is 6.44. The number of rotatable bonds is 4. The van der Waals surface area contributed by atoms with Crippen LogP contribution < -0.4 is 20.1 Å². The van der Waals surface area contributed by atoms with Crippen LogP contribution in [0, 0.1) is 0 Å². The highest BCUT2D eigenvalue weighted by Gasteiger charge is 2.21. The summed E-state index contributed by atoms with van der Waals surface area (Å²) in [5, 5.41) is 14.4. The molecule has 3 aromatic rings. The van der Waals surface area contributed by atoms with Gasteiger partial charge in [0.05, 0.1) is 6.54 Å². The fourth-order valence-electron chi connectivity index (χ4n) is 2.38. The van der Waals surface area contributed by atoms with Gasteiger partial charge in [-0.2, -0.15) is 0 Å². The topological polar surface area (TPSA) is 98.3 Å². The van der Waals surface area contributed by atoms with Crippen molar-refractivity contribution in [2.24, 2.45) is 0 Å². The molecular formula is C17H15N5O3S. The van der Waals surface area contributed by atoms with Crippen molar-refractivity contribution in [3.63, 3.8) is 0 Å². The molecule has 0 saturated carbocycles. The number of aromatic nitrogens is 3. The summed E-state index contributed by atoms with van der Waals surface area (Å²) < 4.78 is 11.4. The van der Waals surface area contributed by atoms with Crippen molar-refractivity contribution in [1.82, 2.24) is 20.5 Å². The minimum atomic E-state index is -0.379. The maximum atomic E-state index is 12.1. The van der Waals surface area contributed by atoms with Gasteiger partial charge in [0.2, 0.25) is 5.13 Å². The summed E-state index contributed by atoms with van der Waals surface area (Å²) >= 11 is 1.25. The van der Waals surface area contributed by atoms with Gasteiger partial charge < -0.3 is 14.8 Å². The van der Waals surface area contributed by atoms with Crippen LogP contribution in [-0.4, -0.2) is 40.5 Å². The van der Waals surface area contributed by atoms with E-state index in [0.717, 1.165) is 0 Å². The van der Waals surface area contributed by atoms with Gasteiger partial charge in [0.1, 0.15) is 12.3 Å². The lowest BCUT2D eigenvalue weighted by atomic mass is 10.2. The molecule has 26 heavy (non-hydrogen) atoms. The first kappa shape index (κ1) is 16.3. The number of amides is 2. The number of hydrogen-bond acceptors (Lipinski definition) is 7. The van der Waals surface area contributed by atoms with Crippen molar-refractivity contribution in [3.8, 4) is 22.2 Å². The zero-order valence-electron chi connectivity index (χ0n) is 13.6. The number of nitrogens with zero attached hydrogens (tertiary/aromatic N) is 3. The molecule has 2 N–H and O–H groups in total. The van der Waals surface area contributed by atoms with E-state index in [1.807, 2.05) is 42.5 Å². The van der Waals surface area contributed by atoms with Crippen molar-refractivity contribution < 1.29 is 14.3 Å². The van der Waals surface area contributed by atoms with Crippen LogP contribution in [0.5, 0.6) is 11.5 Å². The average molecular weight is 369 g/mol. The molecule has 4 rings (SSSR count). The minimum absolute atomic E-state index is 0.255. The highest BCUT2D eigenvalue weighted by atomic mass is 32.1. The van der Waals surface area contributed by atoms with E-state index in [-0.39, 0.29) is 12.1 Å². The first-order valence-corrected chi connectivity index (χ1v) is 8.78. The van der Waals surface area contributed by atoms with E-state index in [1.165, 1.54) is 11.3 Å². The lowest BCUT2D eigenvalue weighted by Crippen LogP contribution is -2.42. The molecule has 8 nitrogen and oxygen atoms in total. The predicted molar refractivity (Wildman–Crippen MR) is 96.5 cm³/mol. The van der Waals surface area contributed by atoms with E-state index >= 15 is 0 Å². The second kappa shape index (κ2) is 7.36. The highest BCUT2D eigenvalue weighted by Crippen LogP contribution is 2.30. The van der Waals surface area contributed by atoms with Gasteiger partial charge in [0.15, 0.2) is 22.6 Å². The van der Waals surface area contributed by atoms with E-state index in [4.69, 9.17) is 9.47 Å². The van der Waals surface area contributed by atoms with Gasteiger partial charge in [-0.3, -0.25) is 10.3 Å². The van der Waals surface area contributed by atoms with Gasteiger partial charge >= 0.3 is 6.03 Å². The monoisotopic (exact) mass is 369 g/mol. The van der Waals surface area contributed by atoms with Gasteiger partial charge in [0.25, 0.3) is 0 Å². The number of urea groups is 1. The van der Waals surface area contributed by atoms with E-state index in [2.05, 4.69) is 25.8 Å². The first-order chi connectivity index (χ1) is 12.8. The third-order valence-electron chi connectivity index (χ3n) is 3.59. The maximum Gasteiger partial charge on any atom is 0.321 e. The Bertz CT molecular complexity index is 902. The third kappa shape index (κ3) is 3.72. The predicted octanol–water partition coefficient (Wildman–Crippen LogP) is 2.56. The number of carbonyl (C=O) groups is 1. The Morgan fingerprint density at radius 1 is 1.15 bits per heavy atom. The van der Waals surface area contributed by atoms with Gasteiger partial charge in [-0.05, 0) is 24.3 Å². The number of anilines is 1. The molecule has 1 aliphatic heterocycles. The van der Waals surface area contributed by atoms with E-state index in [9.17, 15) is 4.79 Å². The Morgan fingerprint density at radius 2 is 2.00 bits per heavy atom. The molecule has 2 aromatic heterocycles. The Hall–Kier alpha value is -3.20. The molecule has 1 atom stereocenters. The van der Waals surface area contributed by atoms with Crippen LogP contribution in [0.3, 0.4) is 0 Å². The number of para-hydroxylation sites is 2. The Morgan fingerprint density at radius 3 is 2.85 bits per heavy atom. The third-order valence-corrected chi connectivity index (χ3v) is 4.45. The smallest absolute Gasteiger partial charge is 0.321 e. The fourth-order valence-corrected chi connectivity index (χ4v) is 3.09. The van der Waals surface area contributed by atoms with Crippen molar-refractivity contribution in [1.29, 1.82) is 0 Å². The number of nitrogens with one attached hydrogen (secondary N) is 2. The molecule has 1 aliphatic rings. The zero-order valence-corrected chi connectivity index (χ0v) is 14.4. The largest absolute Gasteiger partial charge is 0.486 e. The van der Waals surface area contributed by atoms with Gasteiger partial charge in [0, 0.05) is 6.20 Å². The van der Waals surface area contributed by atoms with Crippen LogP contribution in [0.2, 0.25) is 0 Å². The lowest BCUT2D eigenvalue weighted by molar-refractivity contribution is 0.0922. The Kier molecular flexibility index (Phi) is 4.61. The fraction of sp³-hybridized carbons (Fsp3) is 0.176. The van der Waals surface area contributed by atoms with Crippen LogP contribution in [0.25, 0.3) is 10.7 Å². The van der Waals surface area contributed by atoms with Crippen molar-refractivity contribution in [3.05, 3.63) is 48.7 Å². The summed E-state index contributed by atoms with van der Waals surface area (Å²) in [7, 11) is 0. The van der Waals surface area contributed by atoms with E-state index in [0.29, 0.717) is 40.5 Å². The molecule has 2 amide bonds. The van der Waals surface area contributed by atoms with Gasteiger partial charge in [-0.15, -0.1) is 10.2 Å². The average Bonchev–Trinajstić information content (AvgIpc) is 3.15. The summed E-state index contributed by atoms with van der Waals surface area (Å²) in [6.07, 6.45) is 1.43. The molecule has 0 aliphatic carbocycles. The van der Waals surface area contributed by atoms with E-state index < -0.39 is 0 Å². The number of pyridine rings is 1. The first-order valence-electron chi connectivity index (χ1n) is 7.96. The van der Waals surface area contributed by atoms with Gasteiger partial charge in [-0.1, -0.05) is 29.5 Å². The molecule has 0 fully saturated rings. The van der Waals surface area contributed by atoms with Crippen LogP contribution in [0.15, 0.2) is 48.7 Å². The summed E-state index contributed by atoms with van der Waals surface area (Å²) in [4.78, 5) is 16.3. The quantitative estimate of drug-likeness (QED) is 0.733. The standard InChI is InChI=1S/C17H15N5O3S/c23-16(19-9-11-10-24-13-6-1-2-7-14(13)25-11)20-17-22-21-15(26-17)12-5-3-4-8-18-12/h1-8,11H,9-10H2,(H2,19,20,22,23)/t11-/m1/s1. The van der Waals surface area contributed by atoms with E-state index in [1.54, 1.807) is 6.20 Å². The zero-order chi connectivity index (χ0) is 17.8. The number of benzene rings is 1. The van der Waals surface area contributed by atoms with Crippen molar-refractivity contribution >= 4 is 22.5 Å².